The van der Waals surface area contributed by atoms with Gasteiger partial charge in [0.25, 0.3) is 0 Å². The van der Waals surface area contributed by atoms with Crippen LogP contribution in [0.15, 0.2) is 41.3 Å². The second-order valence-electron chi connectivity index (χ2n) is 5.34. The number of rotatable bonds is 8. The minimum Gasteiger partial charge on any atom is -0.493 e. The third kappa shape index (κ3) is 4.76. The monoisotopic (exact) mass is 377 g/mol. The Morgan fingerprint density at radius 3 is 1.96 bits per heavy atom. The van der Waals surface area contributed by atoms with Gasteiger partial charge in [0.1, 0.15) is 0 Å². The Balaban J connectivity index is 2.06. The number of anilines is 1. The summed E-state index contributed by atoms with van der Waals surface area (Å²) in [5.41, 5.74) is 0.646. The van der Waals surface area contributed by atoms with Crippen molar-refractivity contribution in [1.29, 1.82) is 0 Å². The lowest BCUT2D eigenvalue weighted by molar-refractivity contribution is -0.115. The molecule has 6 nitrogen and oxygen atoms in total. The van der Waals surface area contributed by atoms with Crippen LogP contribution in [0.25, 0.3) is 0 Å². The first kappa shape index (κ1) is 19.8. The molecule has 0 saturated carbocycles. The zero-order valence-corrected chi connectivity index (χ0v) is 16.3. The average Bonchev–Trinajstić information content (AvgIpc) is 2.67. The third-order valence-electron chi connectivity index (χ3n) is 3.69. The molecule has 0 spiro atoms. The number of hydrogen-bond acceptors (Lipinski definition) is 6. The lowest BCUT2D eigenvalue weighted by atomic mass is 10.2. The number of thioether (sulfide) groups is 1. The van der Waals surface area contributed by atoms with Gasteiger partial charge in [-0.1, -0.05) is 0 Å². The second-order valence-corrected chi connectivity index (χ2v) is 6.75. The molecule has 2 aromatic carbocycles. The minimum absolute atomic E-state index is 0.114. The van der Waals surface area contributed by atoms with E-state index in [-0.39, 0.29) is 11.2 Å². The molecule has 0 fully saturated rings. The van der Waals surface area contributed by atoms with Crippen LogP contribution in [0.3, 0.4) is 0 Å². The summed E-state index contributed by atoms with van der Waals surface area (Å²) in [7, 11) is 6.29. The Morgan fingerprint density at radius 1 is 0.846 bits per heavy atom. The predicted molar refractivity (Wildman–Crippen MR) is 103 cm³/mol. The van der Waals surface area contributed by atoms with Crippen molar-refractivity contribution in [1.82, 2.24) is 0 Å². The summed E-state index contributed by atoms with van der Waals surface area (Å²) in [5.74, 6) is 2.34. The third-order valence-corrected chi connectivity index (χ3v) is 4.78. The largest absolute Gasteiger partial charge is 0.493 e. The molecule has 7 heteroatoms. The second kappa shape index (κ2) is 9.24. The number of ether oxygens (including phenoxy) is 4. The lowest BCUT2D eigenvalue weighted by Gasteiger charge is -2.15. The first-order chi connectivity index (χ1) is 12.5. The van der Waals surface area contributed by atoms with E-state index in [1.165, 1.54) is 11.8 Å². The molecule has 1 amide bonds. The van der Waals surface area contributed by atoms with Crippen LogP contribution in [-0.2, 0) is 4.79 Å². The first-order valence-electron chi connectivity index (χ1n) is 7.94. The van der Waals surface area contributed by atoms with Gasteiger partial charge in [-0.3, -0.25) is 4.79 Å². The Labute approximate surface area is 157 Å². The molecule has 0 radical (unpaired) electrons. The van der Waals surface area contributed by atoms with E-state index in [2.05, 4.69) is 5.32 Å². The summed E-state index contributed by atoms with van der Waals surface area (Å²) in [6.45, 7) is 1.84. The molecule has 0 saturated heterocycles. The smallest absolute Gasteiger partial charge is 0.237 e. The maximum atomic E-state index is 12.5. The number of carbonyl (C=O) groups is 1. The maximum absolute atomic E-state index is 12.5. The van der Waals surface area contributed by atoms with Gasteiger partial charge in [0.2, 0.25) is 5.91 Å². The van der Waals surface area contributed by atoms with Gasteiger partial charge in [-0.2, -0.15) is 0 Å². The van der Waals surface area contributed by atoms with Crippen molar-refractivity contribution >= 4 is 23.4 Å². The van der Waals surface area contributed by atoms with Gasteiger partial charge >= 0.3 is 0 Å². The number of nitrogens with one attached hydrogen (secondary N) is 1. The highest BCUT2D eigenvalue weighted by atomic mass is 32.2. The molecule has 2 rings (SSSR count). The summed E-state index contributed by atoms with van der Waals surface area (Å²) in [5, 5.41) is 2.58. The van der Waals surface area contributed by atoms with Crippen molar-refractivity contribution in [3.05, 3.63) is 36.4 Å². The van der Waals surface area contributed by atoms with Crippen molar-refractivity contribution in [3.63, 3.8) is 0 Å². The van der Waals surface area contributed by atoms with E-state index in [4.69, 9.17) is 18.9 Å². The lowest BCUT2D eigenvalue weighted by Crippen LogP contribution is -2.22. The first-order valence-corrected chi connectivity index (χ1v) is 8.82. The molecule has 140 valence electrons. The molecule has 0 aliphatic heterocycles. The van der Waals surface area contributed by atoms with Gasteiger partial charge in [-0.25, -0.2) is 0 Å². The summed E-state index contributed by atoms with van der Waals surface area (Å²) < 4.78 is 21.0. The fraction of sp³-hybridized carbons (Fsp3) is 0.316. The zero-order chi connectivity index (χ0) is 19.1. The van der Waals surface area contributed by atoms with Crippen LogP contribution in [0, 0.1) is 0 Å². The Kier molecular flexibility index (Phi) is 7.03. The molecular formula is C19H23NO5S. The number of amides is 1. The van der Waals surface area contributed by atoms with E-state index in [1.807, 2.05) is 25.1 Å². The van der Waals surface area contributed by atoms with Crippen molar-refractivity contribution in [3.8, 4) is 23.0 Å². The molecule has 0 aliphatic carbocycles. The van der Waals surface area contributed by atoms with E-state index in [0.29, 0.717) is 28.7 Å². The highest BCUT2D eigenvalue weighted by molar-refractivity contribution is 8.00. The van der Waals surface area contributed by atoms with Gasteiger partial charge in [-0.05, 0) is 37.3 Å². The maximum Gasteiger partial charge on any atom is 0.237 e. The summed E-state index contributed by atoms with van der Waals surface area (Å²) >= 11 is 1.43. The summed E-state index contributed by atoms with van der Waals surface area (Å²) in [4.78, 5) is 13.4. The summed E-state index contributed by atoms with van der Waals surface area (Å²) in [6.07, 6.45) is 0. The van der Waals surface area contributed by atoms with Crippen LogP contribution >= 0.6 is 11.8 Å². The molecule has 0 bridgehead atoms. The zero-order valence-electron chi connectivity index (χ0n) is 15.5. The van der Waals surface area contributed by atoms with Crippen LogP contribution < -0.4 is 24.3 Å². The van der Waals surface area contributed by atoms with Gasteiger partial charge < -0.3 is 24.3 Å². The molecule has 0 unspecified atom stereocenters. The van der Waals surface area contributed by atoms with E-state index >= 15 is 0 Å². The quantitative estimate of drug-likeness (QED) is 0.705. The van der Waals surface area contributed by atoms with Crippen molar-refractivity contribution in [2.45, 2.75) is 17.1 Å². The predicted octanol–water partition coefficient (Wildman–Crippen LogP) is 3.84. The highest BCUT2D eigenvalue weighted by Crippen LogP contribution is 2.34. The van der Waals surface area contributed by atoms with E-state index < -0.39 is 0 Å². The standard InChI is InChI=1S/C19H23NO5S/c1-12(26-14-7-9-16(23-3)18(11-14)25-5)19(21)20-13-6-8-15(22-2)17(10-13)24-4/h6-12H,1-5H3,(H,20,21)/t12-/m0/s1. The van der Waals surface area contributed by atoms with Gasteiger partial charge in [0, 0.05) is 16.6 Å². The van der Waals surface area contributed by atoms with Crippen LogP contribution in [0.2, 0.25) is 0 Å². The van der Waals surface area contributed by atoms with Crippen LogP contribution in [0.5, 0.6) is 23.0 Å². The van der Waals surface area contributed by atoms with Gasteiger partial charge in [-0.15, -0.1) is 11.8 Å². The molecule has 0 aliphatic rings. The average molecular weight is 377 g/mol. The van der Waals surface area contributed by atoms with E-state index in [9.17, 15) is 4.79 Å². The molecule has 1 atom stereocenters. The molecule has 2 aromatic rings. The molecular weight excluding hydrogens is 354 g/mol. The number of methoxy groups -OCH3 is 4. The van der Waals surface area contributed by atoms with Crippen molar-refractivity contribution in [2.24, 2.45) is 0 Å². The molecule has 26 heavy (non-hydrogen) atoms. The molecule has 0 aromatic heterocycles. The summed E-state index contributed by atoms with van der Waals surface area (Å²) in [6, 6.07) is 10.8. The minimum atomic E-state index is -0.304. The Morgan fingerprint density at radius 2 is 1.38 bits per heavy atom. The fourth-order valence-electron chi connectivity index (χ4n) is 2.31. The van der Waals surface area contributed by atoms with Gasteiger partial charge in [0.05, 0.1) is 33.7 Å². The van der Waals surface area contributed by atoms with Crippen LogP contribution in [0.4, 0.5) is 5.69 Å². The number of hydrogen-bond donors (Lipinski definition) is 1. The van der Waals surface area contributed by atoms with Crippen molar-refractivity contribution in [2.75, 3.05) is 33.8 Å². The van der Waals surface area contributed by atoms with Crippen molar-refractivity contribution < 1.29 is 23.7 Å². The Bertz CT molecular complexity index is 766. The fourth-order valence-corrected chi connectivity index (χ4v) is 3.20. The topological polar surface area (TPSA) is 66.0 Å². The van der Waals surface area contributed by atoms with Crippen LogP contribution in [0.1, 0.15) is 6.92 Å². The Hall–Kier alpha value is -2.54. The van der Waals surface area contributed by atoms with E-state index in [1.54, 1.807) is 46.6 Å². The van der Waals surface area contributed by atoms with Crippen LogP contribution in [-0.4, -0.2) is 39.6 Å². The number of benzene rings is 2. The molecule has 1 N–H and O–H groups in total. The SMILES string of the molecule is COc1ccc(NC(=O)[C@H](C)Sc2ccc(OC)c(OC)c2)cc1OC. The molecule has 0 heterocycles. The number of carbonyl (C=O) groups excluding carboxylic acids is 1. The van der Waals surface area contributed by atoms with E-state index in [0.717, 1.165) is 4.90 Å². The highest BCUT2D eigenvalue weighted by Gasteiger charge is 2.17. The van der Waals surface area contributed by atoms with Gasteiger partial charge in [0.15, 0.2) is 23.0 Å². The normalized spacial score (nSPS) is 11.4.